The highest BCUT2D eigenvalue weighted by Crippen LogP contribution is 2.15. The minimum absolute atomic E-state index is 0.344. The lowest BCUT2D eigenvalue weighted by molar-refractivity contribution is 0.401. The van der Waals surface area contributed by atoms with Gasteiger partial charge in [0.2, 0.25) is 18.1 Å². The summed E-state index contributed by atoms with van der Waals surface area (Å²) in [5.41, 5.74) is 11.3. The Morgan fingerprint density at radius 1 is 1.15 bits per heavy atom. The van der Waals surface area contributed by atoms with Gasteiger partial charge in [-0.05, 0) is 32.7 Å². The molecule has 7 heteroatoms. The van der Waals surface area contributed by atoms with Crippen LogP contribution in [0, 0.1) is 0 Å². The molecule has 0 aromatic rings. The van der Waals surface area contributed by atoms with Crippen LogP contribution < -0.4 is 11.5 Å². The Hall–Kier alpha value is 0.491. The first kappa shape index (κ1) is 13.5. The summed E-state index contributed by atoms with van der Waals surface area (Å²) in [6, 6.07) is 0. The zero-order chi connectivity index (χ0) is 10.7. The smallest absolute Gasteiger partial charge is 0.311 e. The molecule has 0 aliphatic heterocycles. The van der Waals surface area contributed by atoms with Crippen LogP contribution in [-0.2, 0) is 8.23 Å². The number of hydrogen-bond acceptors (Lipinski definition) is 4. The topological polar surface area (TPSA) is 70.5 Å². The van der Waals surface area contributed by atoms with Gasteiger partial charge in [0.1, 0.15) is 0 Å². The maximum atomic E-state index is 5.94. The molecule has 0 aliphatic rings. The molecule has 0 amide bonds. The summed E-state index contributed by atoms with van der Waals surface area (Å²) in [6.07, 6.45) is 0. The Bertz CT molecular complexity index is 164. The molecular formula is C6H20N2O2Si3. The molecule has 0 bridgehead atoms. The van der Waals surface area contributed by atoms with Gasteiger partial charge in [-0.3, -0.25) is 0 Å². The van der Waals surface area contributed by atoms with Crippen LogP contribution >= 0.6 is 0 Å². The van der Waals surface area contributed by atoms with Gasteiger partial charge in [0, 0.05) is 0 Å². The summed E-state index contributed by atoms with van der Waals surface area (Å²) >= 11 is 0. The summed E-state index contributed by atoms with van der Waals surface area (Å²) in [5, 5.41) is 0. The van der Waals surface area contributed by atoms with Crippen molar-refractivity contribution < 1.29 is 8.23 Å². The van der Waals surface area contributed by atoms with Crippen molar-refractivity contribution >= 4 is 26.6 Å². The summed E-state index contributed by atoms with van der Waals surface area (Å²) in [7, 11) is -3.48. The Balaban J connectivity index is 4.24. The van der Waals surface area contributed by atoms with E-state index in [1.54, 1.807) is 0 Å². The van der Waals surface area contributed by atoms with Gasteiger partial charge in [-0.15, -0.1) is 0 Å². The van der Waals surface area contributed by atoms with Crippen molar-refractivity contribution in [1.82, 2.24) is 0 Å². The highest BCUT2D eigenvalue weighted by atomic mass is 28.5. The van der Waals surface area contributed by atoms with Crippen LogP contribution in [0.3, 0.4) is 0 Å². The van der Waals surface area contributed by atoms with Crippen LogP contribution in [-0.4, -0.2) is 32.4 Å². The molecule has 0 unspecified atom stereocenters. The predicted molar refractivity (Wildman–Crippen MR) is 60.9 cm³/mol. The number of nitrogens with two attached hydrogens (primary N) is 2. The first-order valence-corrected chi connectivity index (χ1v) is 11.5. The molecule has 4 nitrogen and oxygen atoms in total. The second-order valence-electron chi connectivity index (χ2n) is 3.94. The monoisotopic (exact) mass is 236 g/mol. The van der Waals surface area contributed by atoms with Crippen molar-refractivity contribution in [2.45, 2.75) is 38.5 Å². The highest BCUT2D eigenvalue weighted by molar-refractivity contribution is 6.84. The third kappa shape index (κ3) is 5.05. The van der Waals surface area contributed by atoms with E-state index in [9.17, 15) is 0 Å². The van der Waals surface area contributed by atoms with Gasteiger partial charge in [0.15, 0.2) is 0 Å². The van der Waals surface area contributed by atoms with Crippen molar-refractivity contribution in [3.05, 3.63) is 0 Å². The molecule has 0 spiro atoms. The van der Waals surface area contributed by atoms with E-state index in [-0.39, 0.29) is 5.79 Å². The van der Waals surface area contributed by atoms with Crippen molar-refractivity contribution in [3.63, 3.8) is 0 Å². The zero-order valence-corrected chi connectivity index (χ0v) is 12.0. The first-order valence-electron chi connectivity index (χ1n) is 4.27. The third-order valence-electron chi connectivity index (χ3n) is 1.66. The molecule has 0 aliphatic carbocycles. The third-order valence-corrected chi connectivity index (χ3v) is 10.1. The van der Waals surface area contributed by atoms with E-state index >= 15 is 0 Å². The van der Waals surface area contributed by atoms with Crippen molar-refractivity contribution in [3.8, 4) is 0 Å². The lowest BCUT2D eigenvalue weighted by atomic mass is 11.2. The molecule has 13 heavy (non-hydrogen) atoms. The van der Waals surface area contributed by atoms with Gasteiger partial charge in [-0.1, -0.05) is 0 Å². The SMILES string of the molecule is C[Si]O[Si](C)(C)O[Si](C)(C)C(N)N. The van der Waals surface area contributed by atoms with Crippen molar-refractivity contribution in [1.29, 1.82) is 0 Å². The van der Waals surface area contributed by atoms with Crippen LogP contribution in [0.4, 0.5) is 0 Å². The van der Waals surface area contributed by atoms with Gasteiger partial charge >= 0.3 is 8.56 Å². The normalized spacial score (nSPS) is 13.8. The van der Waals surface area contributed by atoms with E-state index in [0.717, 1.165) is 0 Å². The van der Waals surface area contributed by atoms with Crippen molar-refractivity contribution in [2.75, 3.05) is 0 Å². The van der Waals surface area contributed by atoms with Gasteiger partial charge in [-0.25, -0.2) is 0 Å². The minimum atomic E-state index is -1.99. The molecule has 2 radical (unpaired) electrons. The average Bonchev–Trinajstić information content (AvgIpc) is 1.83. The Morgan fingerprint density at radius 2 is 1.62 bits per heavy atom. The molecule has 0 saturated heterocycles. The number of rotatable bonds is 5. The zero-order valence-electron chi connectivity index (χ0n) is 9.05. The summed E-state index contributed by atoms with van der Waals surface area (Å²) in [6.45, 7) is 10.1. The fraction of sp³-hybridized carbons (Fsp3) is 1.00. The lowest BCUT2D eigenvalue weighted by Gasteiger charge is -2.35. The average molecular weight is 236 g/mol. The van der Waals surface area contributed by atoms with Gasteiger partial charge < -0.3 is 19.7 Å². The quantitative estimate of drug-likeness (QED) is 0.535. The van der Waals surface area contributed by atoms with Gasteiger partial charge in [-0.2, -0.15) is 0 Å². The minimum Gasteiger partial charge on any atom is -0.437 e. The highest BCUT2D eigenvalue weighted by Gasteiger charge is 2.37. The predicted octanol–water partition coefficient (Wildman–Crippen LogP) is 0.377. The first-order chi connectivity index (χ1) is 5.71. The molecule has 0 fully saturated rings. The fourth-order valence-electron chi connectivity index (χ4n) is 0.968. The standard InChI is InChI=1S/C6H20N2O2Si3/c1-11-9-13(4,5)10-12(2,3)6(7)8/h6H,7-8H2,1-5H3. The molecule has 0 saturated carbocycles. The summed E-state index contributed by atoms with van der Waals surface area (Å²) in [4.78, 5) is 0. The lowest BCUT2D eigenvalue weighted by Crippen LogP contribution is -2.61. The van der Waals surface area contributed by atoms with E-state index in [1.807, 2.05) is 32.7 Å². The largest absolute Gasteiger partial charge is 0.437 e. The van der Waals surface area contributed by atoms with E-state index in [2.05, 4.69) is 0 Å². The van der Waals surface area contributed by atoms with Crippen LogP contribution in [0.2, 0.25) is 32.7 Å². The Kier molecular flexibility index (Phi) is 5.01. The van der Waals surface area contributed by atoms with Crippen LogP contribution in [0.1, 0.15) is 0 Å². The molecule has 0 aromatic carbocycles. The molecule has 78 valence electrons. The van der Waals surface area contributed by atoms with Gasteiger partial charge in [0.05, 0.1) is 5.79 Å². The Labute approximate surface area is 85.3 Å². The maximum Gasteiger partial charge on any atom is 0.311 e. The molecule has 0 heterocycles. The molecular weight excluding hydrogens is 216 g/mol. The van der Waals surface area contributed by atoms with E-state index in [4.69, 9.17) is 19.7 Å². The number of hydrogen-bond donors (Lipinski definition) is 2. The van der Waals surface area contributed by atoms with E-state index in [1.165, 1.54) is 0 Å². The van der Waals surface area contributed by atoms with E-state index < -0.39 is 16.9 Å². The Morgan fingerprint density at radius 3 is 1.92 bits per heavy atom. The maximum absolute atomic E-state index is 5.94. The second kappa shape index (κ2) is 4.82. The molecule has 4 N–H and O–H groups in total. The summed E-state index contributed by atoms with van der Waals surface area (Å²) < 4.78 is 11.5. The van der Waals surface area contributed by atoms with E-state index in [0.29, 0.717) is 9.76 Å². The molecule has 0 rings (SSSR count). The van der Waals surface area contributed by atoms with Gasteiger partial charge in [0.25, 0.3) is 0 Å². The van der Waals surface area contributed by atoms with Crippen LogP contribution in [0.15, 0.2) is 0 Å². The van der Waals surface area contributed by atoms with Crippen LogP contribution in [0.5, 0.6) is 0 Å². The summed E-state index contributed by atoms with van der Waals surface area (Å²) in [5.74, 6) is -0.344. The second-order valence-corrected chi connectivity index (χ2v) is 12.7. The van der Waals surface area contributed by atoms with Crippen LogP contribution in [0.25, 0.3) is 0 Å². The molecule has 0 atom stereocenters. The fourth-order valence-corrected chi connectivity index (χ4v) is 9.09. The molecule has 0 aromatic heterocycles. The van der Waals surface area contributed by atoms with Crippen molar-refractivity contribution in [2.24, 2.45) is 11.5 Å².